The number of nitrogens with two attached hydrogens (primary N) is 1. The molecule has 0 atom stereocenters. The minimum absolute atomic E-state index is 0.762. The molecule has 0 aromatic heterocycles. The molecule has 0 heterocycles. The number of nitrogens with one attached hydrogen (secondary N) is 1. The standard InChI is InChI=1S/C16H18N2/c1-4-12-10-13(17)5-7-16(12)15-8-6-14(18-3)9-11(15)2/h4-10,18H,1,17H2,2-3H3. The monoisotopic (exact) mass is 238 g/mol. The maximum Gasteiger partial charge on any atom is 0.0340 e. The van der Waals surface area contributed by atoms with E-state index in [0.29, 0.717) is 0 Å². The summed E-state index contributed by atoms with van der Waals surface area (Å²) in [5.41, 5.74) is 12.4. The number of aryl methyl sites for hydroxylation is 1. The number of rotatable bonds is 3. The molecule has 18 heavy (non-hydrogen) atoms. The van der Waals surface area contributed by atoms with Crippen molar-refractivity contribution in [3.63, 3.8) is 0 Å². The van der Waals surface area contributed by atoms with Gasteiger partial charge in [-0.05, 0) is 53.4 Å². The first kappa shape index (κ1) is 12.2. The molecule has 0 aliphatic carbocycles. The molecule has 2 rings (SSSR count). The molecule has 0 saturated heterocycles. The normalized spacial score (nSPS) is 10.1. The summed E-state index contributed by atoms with van der Waals surface area (Å²) in [6, 6.07) is 12.3. The highest BCUT2D eigenvalue weighted by atomic mass is 14.8. The third-order valence-electron chi connectivity index (χ3n) is 3.10. The first-order valence-corrected chi connectivity index (χ1v) is 5.96. The Labute approximate surface area is 108 Å². The molecule has 2 aromatic rings. The molecule has 0 radical (unpaired) electrons. The van der Waals surface area contributed by atoms with Crippen LogP contribution < -0.4 is 11.1 Å². The van der Waals surface area contributed by atoms with Gasteiger partial charge >= 0.3 is 0 Å². The number of anilines is 2. The molecule has 0 amide bonds. The molecular weight excluding hydrogens is 220 g/mol. The minimum Gasteiger partial charge on any atom is -0.399 e. The van der Waals surface area contributed by atoms with Gasteiger partial charge in [-0.15, -0.1) is 0 Å². The number of nitrogen functional groups attached to an aromatic ring is 1. The molecule has 2 aromatic carbocycles. The molecule has 0 fully saturated rings. The van der Waals surface area contributed by atoms with Crippen LogP contribution in [0, 0.1) is 6.92 Å². The van der Waals surface area contributed by atoms with Crippen molar-refractivity contribution in [1.29, 1.82) is 0 Å². The van der Waals surface area contributed by atoms with E-state index >= 15 is 0 Å². The summed E-state index contributed by atoms with van der Waals surface area (Å²) in [5, 5.41) is 3.14. The lowest BCUT2D eigenvalue weighted by molar-refractivity contribution is 1.42. The average molecular weight is 238 g/mol. The predicted molar refractivity (Wildman–Crippen MR) is 80.7 cm³/mol. The lowest BCUT2D eigenvalue weighted by Gasteiger charge is -2.12. The van der Waals surface area contributed by atoms with E-state index < -0.39 is 0 Å². The fourth-order valence-corrected chi connectivity index (χ4v) is 2.12. The van der Waals surface area contributed by atoms with Gasteiger partial charge < -0.3 is 11.1 Å². The van der Waals surface area contributed by atoms with Crippen LogP contribution in [0.15, 0.2) is 43.0 Å². The van der Waals surface area contributed by atoms with Gasteiger partial charge in [-0.3, -0.25) is 0 Å². The van der Waals surface area contributed by atoms with Gasteiger partial charge in [0.2, 0.25) is 0 Å². The second-order valence-corrected chi connectivity index (χ2v) is 4.33. The Hall–Kier alpha value is -2.22. The summed E-state index contributed by atoms with van der Waals surface area (Å²) in [4.78, 5) is 0. The van der Waals surface area contributed by atoms with Crippen molar-refractivity contribution in [2.24, 2.45) is 0 Å². The van der Waals surface area contributed by atoms with Crippen molar-refractivity contribution in [2.75, 3.05) is 18.1 Å². The Balaban J connectivity index is 2.58. The van der Waals surface area contributed by atoms with Crippen molar-refractivity contribution >= 4 is 17.5 Å². The van der Waals surface area contributed by atoms with Crippen molar-refractivity contribution in [2.45, 2.75) is 6.92 Å². The Bertz CT molecular complexity index is 586. The van der Waals surface area contributed by atoms with Crippen LogP contribution in [0.4, 0.5) is 11.4 Å². The smallest absolute Gasteiger partial charge is 0.0340 e. The number of hydrogen-bond donors (Lipinski definition) is 2. The molecule has 0 bridgehead atoms. The molecule has 0 aliphatic heterocycles. The van der Waals surface area contributed by atoms with E-state index in [2.05, 4.69) is 37.0 Å². The van der Waals surface area contributed by atoms with Crippen LogP contribution in [0.25, 0.3) is 17.2 Å². The summed E-state index contributed by atoms with van der Waals surface area (Å²) in [6.07, 6.45) is 1.84. The van der Waals surface area contributed by atoms with Crippen molar-refractivity contribution in [3.8, 4) is 11.1 Å². The molecule has 2 nitrogen and oxygen atoms in total. The van der Waals surface area contributed by atoms with Gasteiger partial charge in [0.05, 0.1) is 0 Å². The third-order valence-corrected chi connectivity index (χ3v) is 3.10. The molecule has 3 N–H and O–H groups in total. The van der Waals surface area contributed by atoms with Crippen LogP contribution >= 0.6 is 0 Å². The maximum atomic E-state index is 5.81. The van der Waals surface area contributed by atoms with E-state index in [-0.39, 0.29) is 0 Å². The zero-order valence-corrected chi connectivity index (χ0v) is 10.8. The highest BCUT2D eigenvalue weighted by molar-refractivity contribution is 5.79. The Morgan fingerprint density at radius 3 is 2.44 bits per heavy atom. The summed E-state index contributed by atoms with van der Waals surface area (Å²) in [6.45, 7) is 5.96. The highest BCUT2D eigenvalue weighted by Crippen LogP contribution is 2.30. The summed E-state index contributed by atoms with van der Waals surface area (Å²) in [5.74, 6) is 0. The van der Waals surface area contributed by atoms with Gasteiger partial charge in [0.1, 0.15) is 0 Å². The Morgan fingerprint density at radius 1 is 1.11 bits per heavy atom. The third kappa shape index (κ3) is 2.23. The van der Waals surface area contributed by atoms with Gasteiger partial charge in [0.15, 0.2) is 0 Å². The van der Waals surface area contributed by atoms with Crippen molar-refractivity contribution in [1.82, 2.24) is 0 Å². The van der Waals surface area contributed by atoms with Gasteiger partial charge in [-0.1, -0.05) is 24.8 Å². The molecule has 0 unspecified atom stereocenters. The molecule has 2 heteroatoms. The maximum absolute atomic E-state index is 5.81. The van der Waals surface area contributed by atoms with Crippen molar-refractivity contribution < 1.29 is 0 Å². The van der Waals surface area contributed by atoms with Gasteiger partial charge in [0.25, 0.3) is 0 Å². The molecule has 0 aliphatic rings. The molecule has 92 valence electrons. The molecule has 0 spiro atoms. The summed E-state index contributed by atoms with van der Waals surface area (Å²) >= 11 is 0. The van der Waals surface area contributed by atoms with Gasteiger partial charge in [-0.25, -0.2) is 0 Å². The zero-order valence-electron chi connectivity index (χ0n) is 10.8. The first-order chi connectivity index (χ1) is 8.65. The lowest BCUT2D eigenvalue weighted by atomic mass is 9.95. The van der Waals surface area contributed by atoms with E-state index in [1.54, 1.807) is 0 Å². The highest BCUT2D eigenvalue weighted by Gasteiger charge is 2.06. The fraction of sp³-hybridized carbons (Fsp3) is 0.125. The van der Waals surface area contributed by atoms with Crippen LogP contribution in [-0.2, 0) is 0 Å². The Morgan fingerprint density at radius 2 is 1.83 bits per heavy atom. The van der Waals surface area contributed by atoms with Crippen LogP contribution in [0.1, 0.15) is 11.1 Å². The predicted octanol–water partition coefficient (Wildman–Crippen LogP) is 3.93. The van der Waals surface area contributed by atoms with E-state index in [0.717, 1.165) is 16.9 Å². The topological polar surface area (TPSA) is 38.0 Å². The quantitative estimate of drug-likeness (QED) is 0.795. The first-order valence-electron chi connectivity index (χ1n) is 5.96. The second kappa shape index (κ2) is 4.96. The van der Waals surface area contributed by atoms with Crippen molar-refractivity contribution in [3.05, 3.63) is 54.1 Å². The van der Waals surface area contributed by atoms with E-state index in [4.69, 9.17) is 5.73 Å². The molecular formula is C16H18N2. The molecule has 0 saturated carbocycles. The van der Waals surface area contributed by atoms with Crippen LogP contribution in [0.2, 0.25) is 0 Å². The van der Waals surface area contributed by atoms with Crippen LogP contribution in [-0.4, -0.2) is 7.05 Å². The second-order valence-electron chi connectivity index (χ2n) is 4.33. The number of benzene rings is 2. The van der Waals surface area contributed by atoms with E-state index in [1.165, 1.54) is 16.7 Å². The van der Waals surface area contributed by atoms with Crippen LogP contribution in [0.3, 0.4) is 0 Å². The minimum atomic E-state index is 0.762. The van der Waals surface area contributed by atoms with E-state index in [1.807, 2.05) is 31.3 Å². The lowest BCUT2D eigenvalue weighted by Crippen LogP contribution is -1.93. The SMILES string of the molecule is C=Cc1cc(N)ccc1-c1ccc(NC)cc1C. The van der Waals surface area contributed by atoms with Crippen LogP contribution in [0.5, 0.6) is 0 Å². The average Bonchev–Trinajstić information content (AvgIpc) is 2.39. The summed E-state index contributed by atoms with van der Waals surface area (Å²) in [7, 11) is 1.92. The zero-order chi connectivity index (χ0) is 13.1. The summed E-state index contributed by atoms with van der Waals surface area (Å²) < 4.78 is 0. The van der Waals surface area contributed by atoms with Gasteiger partial charge in [-0.2, -0.15) is 0 Å². The van der Waals surface area contributed by atoms with E-state index in [9.17, 15) is 0 Å². The Kier molecular flexibility index (Phi) is 3.38. The fourth-order valence-electron chi connectivity index (χ4n) is 2.12. The van der Waals surface area contributed by atoms with Gasteiger partial charge in [0, 0.05) is 18.4 Å². The largest absolute Gasteiger partial charge is 0.399 e. The number of hydrogen-bond acceptors (Lipinski definition) is 2.